The molecule has 1 aromatic carbocycles. The molecule has 0 radical (unpaired) electrons. The summed E-state index contributed by atoms with van der Waals surface area (Å²) in [6, 6.07) is 5.10. The summed E-state index contributed by atoms with van der Waals surface area (Å²) in [5.74, 6) is 0.118. The number of aromatic nitrogens is 4. The van der Waals surface area contributed by atoms with Crippen molar-refractivity contribution in [1.29, 1.82) is 0 Å². The largest absolute Gasteiger partial charge is 0.439 e. The van der Waals surface area contributed by atoms with Gasteiger partial charge < -0.3 is 5.73 Å². The molecule has 3 aromatic rings. The first-order chi connectivity index (χ1) is 15.2. The lowest BCUT2D eigenvalue weighted by Gasteiger charge is -1.95. The van der Waals surface area contributed by atoms with Crippen LogP contribution in [0.25, 0.3) is 11.5 Å². The Morgan fingerprint density at radius 2 is 1.74 bits per heavy atom. The van der Waals surface area contributed by atoms with Gasteiger partial charge in [0.15, 0.2) is 10.7 Å². The summed E-state index contributed by atoms with van der Waals surface area (Å²) in [7, 11) is 0. The minimum Gasteiger partial charge on any atom is -0.330 e. The van der Waals surface area contributed by atoms with Crippen molar-refractivity contribution in [2.45, 2.75) is 65.8 Å². The second-order valence-electron chi connectivity index (χ2n) is 5.27. The number of halogens is 1. The van der Waals surface area contributed by atoms with Gasteiger partial charge in [0.1, 0.15) is 5.82 Å². The van der Waals surface area contributed by atoms with Gasteiger partial charge >= 0.3 is 5.76 Å². The van der Waals surface area contributed by atoms with Crippen molar-refractivity contribution in [3.63, 3.8) is 0 Å². The molecule has 0 spiro atoms. The maximum Gasteiger partial charge on any atom is 0.439 e. The molecule has 8 nitrogen and oxygen atoms in total. The van der Waals surface area contributed by atoms with Gasteiger partial charge in [0, 0.05) is 12.3 Å². The number of nitrogens with zero attached hydrogens (tertiary/aromatic N) is 3. The molecule has 0 atom stereocenters. The number of hydrogen-bond donors (Lipinski definition) is 2. The standard InChI is InChI=1S/C9H9F.C6H7N5O3S.3C2H6/c10-9-5-4-7-2-1-3-8(7)6-9;7-1-2-15-5-3(9-14-11-5)4-8-6(12)13-10-4;3*1-2/h4-6H,1-3H2;1-2,7H2,(H,8,10,12);3*1-2H3. The first kappa shape index (κ1) is 28.5. The molecule has 0 fully saturated rings. The Labute approximate surface area is 187 Å². The number of benzene rings is 1. The highest BCUT2D eigenvalue weighted by molar-refractivity contribution is 7.99. The molecule has 174 valence electrons. The number of thioether (sulfide) groups is 1. The first-order valence-corrected chi connectivity index (χ1v) is 11.6. The third-order valence-corrected chi connectivity index (χ3v) is 4.52. The molecule has 2 aromatic heterocycles. The molecule has 2 heterocycles. The number of nitrogens with two attached hydrogens (primary N) is 1. The van der Waals surface area contributed by atoms with Crippen LogP contribution in [0.15, 0.2) is 37.2 Å². The number of aromatic amines is 1. The van der Waals surface area contributed by atoms with Crippen LogP contribution in [0.4, 0.5) is 4.39 Å². The van der Waals surface area contributed by atoms with Crippen LogP contribution >= 0.6 is 11.8 Å². The van der Waals surface area contributed by atoms with E-state index >= 15 is 0 Å². The van der Waals surface area contributed by atoms with Crippen LogP contribution in [0.2, 0.25) is 0 Å². The molecular weight excluding hydrogens is 421 g/mol. The van der Waals surface area contributed by atoms with E-state index in [0.717, 1.165) is 12.8 Å². The number of fused-ring (bicyclic) bond motifs is 1. The van der Waals surface area contributed by atoms with Gasteiger partial charge in [-0.05, 0) is 52.8 Å². The number of aryl methyl sites for hydroxylation is 2. The zero-order valence-electron chi connectivity index (χ0n) is 19.2. The predicted molar refractivity (Wildman–Crippen MR) is 123 cm³/mol. The third kappa shape index (κ3) is 9.48. The van der Waals surface area contributed by atoms with Crippen LogP contribution in [-0.2, 0) is 12.8 Å². The Morgan fingerprint density at radius 1 is 1.06 bits per heavy atom. The quantitative estimate of drug-likeness (QED) is 0.535. The Kier molecular flexibility index (Phi) is 15.9. The fourth-order valence-electron chi connectivity index (χ4n) is 2.45. The lowest BCUT2D eigenvalue weighted by Crippen LogP contribution is -2.01. The van der Waals surface area contributed by atoms with Crippen molar-refractivity contribution in [3.8, 4) is 11.5 Å². The minimum absolute atomic E-state index is 0.0966. The summed E-state index contributed by atoms with van der Waals surface area (Å²) in [4.78, 5) is 13.1. The molecule has 0 saturated carbocycles. The SMILES string of the molecule is CC.CC.CC.Fc1ccc2c(c1)CCC2.NCCSc1nonc1-c1noc(=O)[nH]1. The summed E-state index contributed by atoms with van der Waals surface area (Å²) in [5, 5.41) is 11.3. The van der Waals surface area contributed by atoms with Gasteiger partial charge in [-0.15, -0.1) is 0 Å². The maximum atomic E-state index is 12.6. The van der Waals surface area contributed by atoms with Crippen LogP contribution in [0.1, 0.15) is 59.1 Å². The van der Waals surface area contributed by atoms with E-state index in [1.54, 1.807) is 12.1 Å². The van der Waals surface area contributed by atoms with Crippen molar-refractivity contribution in [1.82, 2.24) is 20.5 Å². The normalized spacial score (nSPS) is 10.7. The van der Waals surface area contributed by atoms with Gasteiger partial charge in [0.05, 0.1) is 0 Å². The number of rotatable bonds is 4. The fourth-order valence-corrected chi connectivity index (χ4v) is 3.12. The molecule has 0 unspecified atom stereocenters. The molecule has 1 aliphatic rings. The van der Waals surface area contributed by atoms with Crippen molar-refractivity contribution in [3.05, 3.63) is 45.7 Å². The Bertz CT molecular complexity index is 895. The van der Waals surface area contributed by atoms with Crippen LogP contribution in [0.5, 0.6) is 0 Å². The van der Waals surface area contributed by atoms with Crippen LogP contribution < -0.4 is 11.5 Å². The maximum absolute atomic E-state index is 12.6. The van der Waals surface area contributed by atoms with E-state index < -0.39 is 5.76 Å². The van der Waals surface area contributed by atoms with Gasteiger partial charge in [-0.2, -0.15) is 0 Å². The topological polar surface area (TPSA) is 124 Å². The predicted octanol–water partition coefficient (Wildman–Crippen LogP) is 4.86. The van der Waals surface area contributed by atoms with Gasteiger partial charge in [-0.1, -0.05) is 64.5 Å². The Morgan fingerprint density at radius 3 is 2.35 bits per heavy atom. The highest BCUT2D eigenvalue weighted by Crippen LogP contribution is 2.24. The molecule has 10 heteroatoms. The summed E-state index contributed by atoms with van der Waals surface area (Å²) < 4.78 is 21.4. The average molecular weight is 456 g/mol. The lowest BCUT2D eigenvalue weighted by atomic mass is 10.1. The lowest BCUT2D eigenvalue weighted by molar-refractivity contribution is 0.299. The van der Waals surface area contributed by atoms with E-state index in [1.807, 2.05) is 47.6 Å². The zero-order chi connectivity index (χ0) is 23.6. The van der Waals surface area contributed by atoms with E-state index in [2.05, 4.69) is 29.6 Å². The van der Waals surface area contributed by atoms with Crippen molar-refractivity contribution < 1.29 is 13.5 Å². The number of H-pyrrole nitrogens is 1. The van der Waals surface area contributed by atoms with E-state index in [-0.39, 0.29) is 11.6 Å². The molecule has 1 aliphatic carbocycles. The van der Waals surface area contributed by atoms with Gasteiger partial charge in [0.2, 0.25) is 5.82 Å². The summed E-state index contributed by atoms with van der Waals surface area (Å²) >= 11 is 1.36. The second kappa shape index (κ2) is 17.2. The van der Waals surface area contributed by atoms with Crippen LogP contribution in [0.3, 0.4) is 0 Å². The molecule has 0 amide bonds. The summed E-state index contributed by atoms with van der Waals surface area (Å²) in [6.07, 6.45) is 3.39. The zero-order valence-corrected chi connectivity index (χ0v) is 20.0. The van der Waals surface area contributed by atoms with Crippen molar-refractivity contribution in [2.75, 3.05) is 12.3 Å². The van der Waals surface area contributed by atoms with E-state index in [4.69, 9.17) is 5.73 Å². The summed E-state index contributed by atoms with van der Waals surface area (Å²) in [6.45, 7) is 12.5. The Balaban J connectivity index is 0.000000488. The monoisotopic (exact) mass is 455 g/mol. The van der Waals surface area contributed by atoms with Crippen LogP contribution in [0, 0.1) is 5.82 Å². The third-order valence-electron chi connectivity index (χ3n) is 3.54. The van der Waals surface area contributed by atoms with E-state index in [0.29, 0.717) is 23.0 Å². The minimum atomic E-state index is -0.650. The number of hydrogen-bond acceptors (Lipinski definition) is 8. The van der Waals surface area contributed by atoms with Gasteiger partial charge in [0.25, 0.3) is 0 Å². The van der Waals surface area contributed by atoms with Gasteiger partial charge in [-0.3, -0.25) is 9.51 Å². The fraction of sp³-hybridized carbons (Fsp3) is 0.524. The second-order valence-corrected chi connectivity index (χ2v) is 6.35. The molecule has 31 heavy (non-hydrogen) atoms. The smallest absolute Gasteiger partial charge is 0.330 e. The first-order valence-electron chi connectivity index (χ1n) is 10.7. The molecule has 0 aliphatic heterocycles. The van der Waals surface area contributed by atoms with Crippen molar-refractivity contribution in [2.24, 2.45) is 5.73 Å². The molecule has 0 saturated heterocycles. The van der Waals surface area contributed by atoms with E-state index in [1.165, 1.54) is 29.3 Å². The highest BCUT2D eigenvalue weighted by atomic mass is 32.2. The molecule has 0 bridgehead atoms. The summed E-state index contributed by atoms with van der Waals surface area (Å²) in [5.41, 5.74) is 8.24. The number of nitrogens with one attached hydrogen (secondary N) is 1. The Hall–Kier alpha value is -2.46. The molecule has 4 rings (SSSR count). The molecular formula is C21H34FN5O3S. The molecule has 3 N–H and O–H groups in total. The highest BCUT2D eigenvalue weighted by Gasteiger charge is 2.16. The van der Waals surface area contributed by atoms with Crippen LogP contribution in [-0.4, -0.2) is 32.8 Å². The van der Waals surface area contributed by atoms with Crippen molar-refractivity contribution >= 4 is 11.8 Å². The van der Waals surface area contributed by atoms with E-state index in [9.17, 15) is 9.18 Å². The van der Waals surface area contributed by atoms with Gasteiger partial charge in [-0.25, -0.2) is 13.8 Å². The average Bonchev–Trinajstić information content (AvgIpc) is 3.57.